The number of ether oxygens (including phenoxy) is 4. The van der Waals surface area contributed by atoms with E-state index in [0.29, 0.717) is 138 Å². The van der Waals surface area contributed by atoms with Gasteiger partial charge in [-0.25, -0.2) is 43.7 Å². The largest absolute Gasteiger partial charge is 0.493 e. The van der Waals surface area contributed by atoms with E-state index in [1.54, 1.807) is 94.6 Å². The Morgan fingerprint density at radius 2 is 0.905 bits per heavy atom. The average molecular weight is 1980 g/mol. The number of aromatic nitrogens is 12. The zero-order valence-corrected chi connectivity index (χ0v) is 84.4. The fourth-order valence-electron chi connectivity index (χ4n) is 20.9. The lowest BCUT2D eigenvalue weighted by molar-refractivity contribution is 0.161. The number of piperidine rings is 1. The topological polar surface area (TPSA) is 314 Å². The SMILES string of the molecule is CCCN1CC=C(c2ccc3nc(-c4cc(F)c5nc(C)oc5c4)cc(=O)n3c2)CC1.CCN1CC=C(c2ccc3nc(-c4cc(F)c5nc(C)oc5c4)cc(=O)n3c2)CC1.COc1ccc(-c2cc(=O)n3cc(C4C[C@H]5CC[C@@H](C4)N5C)ccc3n2)cc1OC.COc1ccc(-c2cc(=O)n3cc(N4CCNC[C@H]4C)ccc3n2)cc1OC.Cc1nc2ccc(-c3cc(=O)n4cc(N5CCN[C@@H](C)C5)ccc4c3)cc2o1. The van der Waals surface area contributed by atoms with Gasteiger partial charge in [-0.2, -0.15) is 0 Å². The number of aryl methyl sites for hydroxylation is 3. The molecule has 33 heteroatoms. The molecule has 0 amide bonds. The number of hydrogen-bond acceptors (Lipinski definition) is 26. The normalized spacial score (nSPS) is 17.6. The van der Waals surface area contributed by atoms with Gasteiger partial charge in [-0.05, 0) is 257 Å². The van der Waals surface area contributed by atoms with Crippen molar-refractivity contribution in [3.05, 3.63) is 317 Å². The fraction of sp³-hybridized carbons (Fsp3) is 0.316. The van der Waals surface area contributed by atoms with E-state index in [2.05, 4.69) is 124 Å². The highest BCUT2D eigenvalue weighted by molar-refractivity contribution is 5.84. The molecule has 13 aromatic heterocycles. The first-order chi connectivity index (χ1) is 71.3. The van der Waals surface area contributed by atoms with Gasteiger partial charge in [-0.15, -0.1) is 0 Å². The minimum absolute atomic E-state index is 0.0358. The van der Waals surface area contributed by atoms with Crippen LogP contribution in [-0.4, -0.2) is 210 Å². The summed E-state index contributed by atoms with van der Waals surface area (Å²) in [5.74, 6) is 3.44. The zero-order valence-electron chi connectivity index (χ0n) is 84.4. The number of methoxy groups -OCH3 is 4. The lowest BCUT2D eigenvalue weighted by atomic mass is 9.86. The number of pyridine rings is 6. The summed E-state index contributed by atoms with van der Waals surface area (Å²) in [7, 11) is 8.63. The third-order valence-electron chi connectivity index (χ3n) is 28.8. The van der Waals surface area contributed by atoms with Gasteiger partial charge in [0, 0.05) is 199 Å². The standard InChI is InChI=1S/C24H23FN4O2.C24H27N3O3.C23H21FN4O2.C22H22N4O2.C21H24N4O3/c1-3-8-28-9-6-16(7-10-28)17-4-5-22-27-20(13-23(30)29(22)14-17)18-11-19(25)24-21(12-18)31-15(2)26-24;1-26-18-6-7-19(26)11-17(10-18)16-5-9-23-25-20(13-24(28)27(23)14-16)15-4-8-21(29-2)22(12-15)30-3;1-3-27-8-6-15(7-9-27)16-4-5-21-26-19(12-22(29)28(21)13-16)17-10-18(24)23-20(11-17)30-14(2)25-23;1-14-12-25(8-7-23-14)19-5-4-18-9-17(11-22(27)26(18)13-19)16-3-6-20-21(10-16)28-15(2)24-20;1-14-12-22-8-9-24(14)16-5-7-20-23-17(11-21(26)25(20)13-16)15-4-6-18(27-2)19(10-15)28-3/h4-6,11-14H,3,7-10H2,1-2H3;4-5,8-9,12-14,17-19H,6-7,10-11H2,1-3H3;4-6,10-13H,3,7-9H2,1-2H3;3-6,9-11,13-14,23H,7-8,12H2,1-2H3;4-7,10-11,13-14,22H,8-9,12H2,1-3H3/t;17?,18-,19+;;2*14-/m...01/s1. The van der Waals surface area contributed by atoms with Gasteiger partial charge in [0.2, 0.25) is 0 Å². The van der Waals surface area contributed by atoms with Crippen LogP contribution in [0.2, 0.25) is 0 Å². The lowest BCUT2D eigenvalue weighted by Gasteiger charge is -2.36. The van der Waals surface area contributed by atoms with Crippen molar-refractivity contribution in [2.24, 2.45) is 0 Å². The van der Waals surface area contributed by atoms with Gasteiger partial charge in [0.05, 0.1) is 62.6 Å². The van der Waals surface area contributed by atoms with Crippen molar-refractivity contribution in [2.45, 2.75) is 123 Å². The van der Waals surface area contributed by atoms with Crippen molar-refractivity contribution < 1.29 is 41.0 Å². The molecule has 0 aliphatic carbocycles. The Labute approximate surface area is 845 Å². The molecule has 2 bridgehead atoms. The predicted octanol–water partition coefficient (Wildman–Crippen LogP) is 17.6. The summed E-state index contributed by atoms with van der Waals surface area (Å²) < 4.78 is 74.9. The molecule has 6 aliphatic heterocycles. The number of rotatable bonds is 17. The number of nitrogens with zero attached hydrogens (tertiary/aromatic N) is 17. The van der Waals surface area contributed by atoms with E-state index in [1.165, 1.54) is 66.7 Å². The first kappa shape index (κ1) is 98.7. The van der Waals surface area contributed by atoms with Crippen LogP contribution in [0.1, 0.15) is 113 Å². The maximum Gasteiger partial charge on any atom is 0.258 e. The number of hydrogen-bond donors (Lipinski definition) is 2. The second-order valence-electron chi connectivity index (χ2n) is 38.3. The minimum atomic E-state index is -0.498. The molecule has 4 saturated heterocycles. The van der Waals surface area contributed by atoms with Crippen LogP contribution in [0.15, 0.2) is 256 Å². The molecular formula is C114H117F2N19O12. The van der Waals surface area contributed by atoms with E-state index < -0.39 is 11.6 Å². The third kappa shape index (κ3) is 21.0. The van der Waals surface area contributed by atoms with Crippen molar-refractivity contribution in [1.29, 1.82) is 0 Å². The summed E-state index contributed by atoms with van der Waals surface area (Å²) in [5.41, 5.74) is 19.5. The van der Waals surface area contributed by atoms with Crippen molar-refractivity contribution >= 4 is 83.9 Å². The molecule has 18 aromatic rings. The fourth-order valence-corrected chi connectivity index (χ4v) is 20.9. The van der Waals surface area contributed by atoms with E-state index in [1.807, 2.05) is 147 Å². The average Bonchev–Trinajstić information content (AvgIpc) is 1.64. The number of piperazine rings is 2. The third-order valence-corrected chi connectivity index (χ3v) is 28.8. The molecule has 5 aromatic carbocycles. The molecule has 147 heavy (non-hydrogen) atoms. The van der Waals surface area contributed by atoms with Crippen LogP contribution in [0.3, 0.4) is 0 Å². The predicted molar refractivity (Wildman–Crippen MR) is 570 cm³/mol. The Hall–Kier alpha value is -15.7. The number of benzene rings is 5. The molecule has 0 spiro atoms. The van der Waals surface area contributed by atoms with E-state index >= 15 is 0 Å². The highest BCUT2D eigenvalue weighted by Gasteiger charge is 2.39. The number of anilines is 2. The van der Waals surface area contributed by atoms with Crippen LogP contribution < -0.4 is 67.2 Å². The summed E-state index contributed by atoms with van der Waals surface area (Å²) in [5, 5.41) is 6.83. The van der Waals surface area contributed by atoms with Crippen molar-refractivity contribution in [2.75, 3.05) is 124 Å². The molecule has 31 nitrogen and oxygen atoms in total. The Morgan fingerprint density at radius 3 is 1.43 bits per heavy atom. The van der Waals surface area contributed by atoms with Crippen molar-refractivity contribution in [3.8, 4) is 79.2 Å². The van der Waals surface area contributed by atoms with Crippen molar-refractivity contribution in [3.63, 3.8) is 0 Å². The maximum atomic E-state index is 14.5. The molecule has 5 atom stereocenters. The van der Waals surface area contributed by atoms with E-state index in [4.69, 9.17) is 37.2 Å². The van der Waals surface area contributed by atoms with Crippen molar-refractivity contribution in [1.82, 2.24) is 82.2 Å². The van der Waals surface area contributed by atoms with E-state index in [0.717, 1.165) is 159 Å². The summed E-state index contributed by atoms with van der Waals surface area (Å²) in [6.45, 7) is 25.5. The van der Waals surface area contributed by atoms with E-state index in [9.17, 15) is 32.8 Å². The number of fused-ring (bicyclic) bond motifs is 10. The van der Waals surface area contributed by atoms with Crippen LogP contribution in [0.25, 0.3) is 129 Å². The lowest BCUT2D eigenvalue weighted by Crippen LogP contribution is -2.50. The van der Waals surface area contributed by atoms with Gasteiger partial charge in [-0.1, -0.05) is 38.1 Å². The van der Waals surface area contributed by atoms with Crippen LogP contribution >= 0.6 is 0 Å². The molecule has 2 N–H and O–H groups in total. The second-order valence-corrected chi connectivity index (χ2v) is 38.3. The zero-order chi connectivity index (χ0) is 102. The van der Waals surface area contributed by atoms with Gasteiger partial charge in [0.1, 0.15) is 39.1 Å². The molecule has 0 saturated carbocycles. The molecule has 19 heterocycles. The van der Waals surface area contributed by atoms with Crippen LogP contribution in [0, 0.1) is 32.4 Å². The quantitative estimate of drug-likeness (QED) is 0.0855. The molecule has 1 unspecified atom stereocenters. The van der Waals surface area contributed by atoms with Gasteiger partial charge < -0.3 is 57.5 Å². The van der Waals surface area contributed by atoms with Gasteiger partial charge >= 0.3 is 0 Å². The Balaban J connectivity index is 0.000000112. The minimum Gasteiger partial charge on any atom is -0.493 e. The molecule has 0 radical (unpaired) electrons. The first-order valence-electron chi connectivity index (χ1n) is 50.1. The summed E-state index contributed by atoms with van der Waals surface area (Å²) in [6, 6.07) is 54.6. The molecule has 6 aliphatic rings. The van der Waals surface area contributed by atoms with Gasteiger partial charge in [0.15, 0.2) is 69.1 Å². The Bertz CT molecular complexity index is 8460. The number of nitrogens with one attached hydrogen (secondary N) is 2. The maximum absolute atomic E-state index is 14.5. The van der Waals surface area contributed by atoms with Gasteiger partial charge in [0.25, 0.3) is 27.8 Å². The number of oxazole rings is 3. The Morgan fingerprint density at radius 1 is 0.429 bits per heavy atom. The molecule has 4 fully saturated rings. The summed E-state index contributed by atoms with van der Waals surface area (Å²) >= 11 is 0. The van der Waals surface area contributed by atoms with Crippen LogP contribution in [0.4, 0.5) is 20.2 Å². The second kappa shape index (κ2) is 42.5. The van der Waals surface area contributed by atoms with E-state index in [-0.39, 0.29) is 38.8 Å². The smallest absolute Gasteiger partial charge is 0.258 e. The highest BCUT2D eigenvalue weighted by Crippen LogP contribution is 2.43. The summed E-state index contributed by atoms with van der Waals surface area (Å²) in [4.78, 5) is 107. The van der Waals surface area contributed by atoms with Crippen LogP contribution in [0.5, 0.6) is 23.0 Å². The monoisotopic (exact) mass is 1980 g/mol. The Kier molecular flexibility index (Phi) is 28.6. The number of likely N-dealkylation sites (N-methyl/N-ethyl adjacent to an activating group) is 1. The highest BCUT2D eigenvalue weighted by atomic mass is 19.1. The summed E-state index contributed by atoms with van der Waals surface area (Å²) in [6.07, 6.45) is 22.0. The molecule has 24 rings (SSSR count). The molecular weight excluding hydrogens is 1870 g/mol. The van der Waals surface area contributed by atoms with Gasteiger partial charge in [-0.3, -0.25) is 55.8 Å². The first-order valence-corrected chi connectivity index (χ1v) is 50.1. The van der Waals surface area contributed by atoms with Crippen LogP contribution in [-0.2, 0) is 0 Å². The molecule has 754 valence electrons. The number of halogens is 2.